The van der Waals surface area contributed by atoms with E-state index in [0.717, 1.165) is 19.5 Å². The van der Waals surface area contributed by atoms with Gasteiger partial charge in [-0.15, -0.1) is 0 Å². The average molecular weight is 234 g/mol. The van der Waals surface area contributed by atoms with Crippen LogP contribution < -0.4 is 11.1 Å². The Balaban J connectivity index is 2.54. The van der Waals surface area contributed by atoms with E-state index in [4.69, 9.17) is 5.73 Å². The maximum atomic E-state index is 5.74. The van der Waals surface area contributed by atoms with Crippen molar-refractivity contribution < 1.29 is 0 Å². The van der Waals surface area contributed by atoms with E-state index in [2.05, 4.69) is 50.4 Å². The summed E-state index contributed by atoms with van der Waals surface area (Å²) in [7, 11) is 0. The van der Waals surface area contributed by atoms with Crippen molar-refractivity contribution in [2.45, 2.75) is 45.6 Å². The Kier molecular flexibility index (Phi) is 5.16. The molecule has 0 radical (unpaired) electrons. The van der Waals surface area contributed by atoms with Crippen LogP contribution >= 0.6 is 0 Å². The maximum Gasteiger partial charge on any atom is 0.00432 e. The summed E-state index contributed by atoms with van der Waals surface area (Å²) in [6.07, 6.45) is 1.03. The normalized spacial score (nSPS) is 13.7. The first-order chi connectivity index (χ1) is 7.93. The zero-order valence-electron chi connectivity index (χ0n) is 11.6. The smallest absolute Gasteiger partial charge is 0.00432 e. The molecule has 1 unspecified atom stereocenters. The SMILES string of the molecule is Cc1ccccc1C(C)(C)CNCCC(C)N. The average Bonchev–Trinajstić information content (AvgIpc) is 2.24. The van der Waals surface area contributed by atoms with E-state index >= 15 is 0 Å². The Morgan fingerprint density at radius 3 is 2.53 bits per heavy atom. The summed E-state index contributed by atoms with van der Waals surface area (Å²) in [5.41, 5.74) is 8.70. The van der Waals surface area contributed by atoms with Gasteiger partial charge in [0.05, 0.1) is 0 Å². The molecule has 0 aliphatic carbocycles. The molecule has 1 rings (SSSR count). The minimum atomic E-state index is 0.170. The molecule has 0 saturated heterocycles. The van der Waals surface area contributed by atoms with E-state index in [1.165, 1.54) is 11.1 Å². The number of nitrogens with two attached hydrogens (primary N) is 1. The predicted molar refractivity (Wildman–Crippen MR) is 75.3 cm³/mol. The Hall–Kier alpha value is -0.860. The maximum absolute atomic E-state index is 5.74. The van der Waals surface area contributed by atoms with Crippen molar-refractivity contribution >= 4 is 0 Å². The summed E-state index contributed by atoms with van der Waals surface area (Å²) in [5.74, 6) is 0. The van der Waals surface area contributed by atoms with Gasteiger partial charge in [-0.25, -0.2) is 0 Å². The van der Waals surface area contributed by atoms with Crippen LogP contribution in [-0.2, 0) is 5.41 Å². The van der Waals surface area contributed by atoms with Gasteiger partial charge in [-0.1, -0.05) is 38.1 Å². The van der Waals surface area contributed by atoms with Crippen LogP contribution in [0.5, 0.6) is 0 Å². The summed E-state index contributed by atoms with van der Waals surface area (Å²) in [6.45, 7) is 10.8. The van der Waals surface area contributed by atoms with Gasteiger partial charge in [-0.3, -0.25) is 0 Å². The lowest BCUT2D eigenvalue weighted by Crippen LogP contribution is -2.35. The van der Waals surface area contributed by atoms with Crippen LogP contribution in [0.4, 0.5) is 0 Å². The molecule has 1 aromatic carbocycles. The van der Waals surface area contributed by atoms with Crippen LogP contribution in [0, 0.1) is 6.92 Å². The lowest BCUT2D eigenvalue weighted by atomic mass is 9.82. The number of hydrogen-bond donors (Lipinski definition) is 2. The van der Waals surface area contributed by atoms with Gasteiger partial charge < -0.3 is 11.1 Å². The molecule has 0 aliphatic rings. The van der Waals surface area contributed by atoms with Crippen molar-refractivity contribution in [3.8, 4) is 0 Å². The van der Waals surface area contributed by atoms with Crippen LogP contribution in [-0.4, -0.2) is 19.1 Å². The molecule has 17 heavy (non-hydrogen) atoms. The van der Waals surface area contributed by atoms with Gasteiger partial charge in [0.1, 0.15) is 0 Å². The van der Waals surface area contributed by atoms with E-state index in [1.807, 2.05) is 6.92 Å². The monoisotopic (exact) mass is 234 g/mol. The predicted octanol–water partition coefficient (Wildman–Crippen LogP) is 2.60. The molecule has 0 bridgehead atoms. The molecule has 96 valence electrons. The van der Waals surface area contributed by atoms with Gasteiger partial charge >= 0.3 is 0 Å². The van der Waals surface area contributed by atoms with E-state index in [-0.39, 0.29) is 11.5 Å². The molecule has 0 aromatic heterocycles. The fraction of sp³-hybridized carbons (Fsp3) is 0.600. The highest BCUT2D eigenvalue weighted by atomic mass is 14.9. The summed E-state index contributed by atoms with van der Waals surface area (Å²) in [4.78, 5) is 0. The standard InChI is InChI=1S/C15H26N2/c1-12-7-5-6-8-14(12)15(3,4)11-17-10-9-13(2)16/h5-8,13,17H,9-11,16H2,1-4H3. The van der Waals surface area contributed by atoms with E-state index < -0.39 is 0 Å². The van der Waals surface area contributed by atoms with Crippen molar-refractivity contribution in [2.24, 2.45) is 5.73 Å². The first-order valence-electron chi connectivity index (χ1n) is 6.46. The van der Waals surface area contributed by atoms with E-state index in [1.54, 1.807) is 0 Å². The molecule has 0 amide bonds. The van der Waals surface area contributed by atoms with Gasteiger partial charge in [0.2, 0.25) is 0 Å². The van der Waals surface area contributed by atoms with E-state index in [0.29, 0.717) is 0 Å². The largest absolute Gasteiger partial charge is 0.328 e. The zero-order chi connectivity index (χ0) is 12.9. The van der Waals surface area contributed by atoms with Crippen molar-refractivity contribution in [1.82, 2.24) is 5.32 Å². The van der Waals surface area contributed by atoms with Crippen LogP contribution in [0.2, 0.25) is 0 Å². The molecule has 0 heterocycles. The molecule has 3 N–H and O–H groups in total. The molecular weight excluding hydrogens is 208 g/mol. The third-order valence-electron chi connectivity index (χ3n) is 3.22. The second-order valence-corrected chi connectivity index (χ2v) is 5.64. The number of benzene rings is 1. The second-order valence-electron chi connectivity index (χ2n) is 5.64. The number of aryl methyl sites for hydroxylation is 1. The molecule has 2 heteroatoms. The van der Waals surface area contributed by atoms with Gasteiger partial charge in [0.15, 0.2) is 0 Å². The Labute approximate surface area is 106 Å². The minimum Gasteiger partial charge on any atom is -0.328 e. The highest BCUT2D eigenvalue weighted by Gasteiger charge is 2.21. The van der Waals surface area contributed by atoms with Crippen LogP contribution in [0.15, 0.2) is 24.3 Å². The highest BCUT2D eigenvalue weighted by molar-refractivity contribution is 5.32. The van der Waals surface area contributed by atoms with Crippen molar-refractivity contribution in [2.75, 3.05) is 13.1 Å². The third-order valence-corrected chi connectivity index (χ3v) is 3.22. The Morgan fingerprint density at radius 2 is 1.94 bits per heavy atom. The highest BCUT2D eigenvalue weighted by Crippen LogP contribution is 2.25. The van der Waals surface area contributed by atoms with Crippen LogP contribution in [0.3, 0.4) is 0 Å². The number of rotatable bonds is 6. The summed E-state index contributed by atoms with van der Waals surface area (Å²) >= 11 is 0. The molecule has 0 fully saturated rings. The van der Waals surface area contributed by atoms with Gasteiger partial charge in [0.25, 0.3) is 0 Å². The number of nitrogens with one attached hydrogen (secondary N) is 1. The molecule has 1 aromatic rings. The number of hydrogen-bond acceptors (Lipinski definition) is 2. The molecule has 0 aliphatic heterocycles. The summed E-state index contributed by atoms with van der Waals surface area (Å²) in [5, 5.41) is 3.50. The quantitative estimate of drug-likeness (QED) is 0.743. The Morgan fingerprint density at radius 1 is 1.29 bits per heavy atom. The minimum absolute atomic E-state index is 0.170. The lowest BCUT2D eigenvalue weighted by molar-refractivity contribution is 0.456. The van der Waals surface area contributed by atoms with Gasteiger partial charge in [-0.2, -0.15) is 0 Å². The summed E-state index contributed by atoms with van der Waals surface area (Å²) < 4.78 is 0. The summed E-state index contributed by atoms with van der Waals surface area (Å²) in [6, 6.07) is 8.90. The van der Waals surface area contributed by atoms with Crippen LogP contribution in [0.1, 0.15) is 38.3 Å². The first-order valence-corrected chi connectivity index (χ1v) is 6.46. The van der Waals surface area contributed by atoms with Gasteiger partial charge in [0, 0.05) is 18.0 Å². The topological polar surface area (TPSA) is 38.0 Å². The molecular formula is C15H26N2. The van der Waals surface area contributed by atoms with Crippen molar-refractivity contribution in [3.05, 3.63) is 35.4 Å². The van der Waals surface area contributed by atoms with Crippen LogP contribution in [0.25, 0.3) is 0 Å². The second kappa shape index (κ2) is 6.18. The fourth-order valence-corrected chi connectivity index (χ4v) is 2.16. The first kappa shape index (κ1) is 14.2. The van der Waals surface area contributed by atoms with E-state index in [9.17, 15) is 0 Å². The molecule has 0 spiro atoms. The fourth-order valence-electron chi connectivity index (χ4n) is 2.16. The molecule has 1 atom stereocenters. The third kappa shape index (κ3) is 4.49. The lowest BCUT2D eigenvalue weighted by Gasteiger charge is -2.27. The molecule has 0 saturated carbocycles. The van der Waals surface area contributed by atoms with Crippen molar-refractivity contribution in [1.29, 1.82) is 0 Å². The van der Waals surface area contributed by atoms with Crippen molar-refractivity contribution in [3.63, 3.8) is 0 Å². The van der Waals surface area contributed by atoms with Gasteiger partial charge in [-0.05, 0) is 37.9 Å². The zero-order valence-corrected chi connectivity index (χ0v) is 11.6. The Bertz CT molecular complexity index is 343. The molecule has 2 nitrogen and oxygen atoms in total.